The molecule has 0 fully saturated rings. The summed E-state index contributed by atoms with van der Waals surface area (Å²) in [6, 6.07) is 0. The van der Waals surface area contributed by atoms with Crippen molar-refractivity contribution >= 4 is 0 Å². The van der Waals surface area contributed by atoms with Gasteiger partial charge in [-0.3, -0.25) is 0 Å². The number of rotatable bonds is 13. The highest BCUT2D eigenvalue weighted by atomic mass is 16.7. The molecule has 0 atom stereocenters. The highest BCUT2D eigenvalue weighted by Gasteiger charge is 2.06. The molecule has 0 aromatic carbocycles. The van der Waals surface area contributed by atoms with Crippen molar-refractivity contribution in [1.29, 1.82) is 0 Å². The molecule has 0 aliphatic rings. The topological polar surface area (TPSA) is 33.7 Å². The molecule has 4 heteroatoms. The summed E-state index contributed by atoms with van der Waals surface area (Å²) in [6.45, 7) is 15.4. The first-order valence-electron chi connectivity index (χ1n) is 7.44. The summed E-state index contributed by atoms with van der Waals surface area (Å²) in [4.78, 5) is 2.45. The molecule has 0 saturated carbocycles. The molecule has 0 saturated heterocycles. The summed E-state index contributed by atoms with van der Waals surface area (Å²) >= 11 is 0. The van der Waals surface area contributed by atoms with E-state index in [1.54, 1.807) is 0 Å². The molecule has 0 radical (unpaired) electrons. The molecular formula is C14H32N2O2. The van der Waals surface area contributed by atoms with Gasteiger partial charge >= 0.3 is 0 Å². The molecule has 0 aromatic heterocycles. The maximum atomic E-state index is 5.49. The number of ether oxygens (including phenoxy) is 2. The van der Waals surface area contributed by atoms with Crippen molar-refractivity contribution in [3.8, 4) is 0 Å². The molecule has 0 heterocycles. The first-order valence-corrected chi connectivity index (χ1v) is 7.44. The van der Waals surface area contributed by atoms with Crippen LogP contribution >= 0.6 is 0 Å². The van der Waals surface area contributed by atoms with Crippen molar-refractivity contribution in [3.05, 3.63) is 0 Å². The second-order valence-corrected chi connectivity index (χ2v) is 4.26. The Morgan fingerprint density at radius 3 is 2.06 bits per heavy atom. The van der Waals surface area contributed by atoms with Gasteiger partial charge in [0.25, 0.3) is 0 Å². The molecule has 4 nitrogen and oxygen atoms in total. The van der Waals surface area contributed by atoms with Gasteiger partial charge in [-0.2, -0.15) is 0 Å². The first-order chi connectivity index (χ1) is 8.78. The quantitative estimate of drug-likeness (QED) is 0.406. The van der Waals surface area contributed by atoms with Gasteiger partial charge in [0.15, 0.2) is 6.29 Å². The van der Waals surface area contributed by atoms with Crippen LogP contribution in [0.1, 0.15) is 40.5 Å². The lowest BCUT2D eigenvalue weighted by molar-refractivity contribution is -0.138. The zero-order valence-corrected chi connectivity index (χ0v) is 12.7. The van der Waals surface area contributed by atoms with Crippen molar-refractivity contribution in [2.75, 3.05) is 45.9 Å². The third kappa shape index (κ3) is 9.83. The molecular weight excluding hydrogens is 228 g/mol. The summed E-state index contributed by atoms with van der Waals surface area (Å²) in [5.41, 5.74) is 0. The summed E-state index contributed by atoms with van der Waals surface area (Å²) in [5.74, 6) is 0. The van der Waals surface area contributed by atoms with Crippen LogP contribution in [0.25, 0.3) is 0 Å². The van der Waals surface area contributed by atoms with E-state index in [1.165, 1.54) is 13.0 Å². The van der Waals surface area contributed by atoms with E-state index >= 15 is 0 Å². The predicted molar refractivity (Wildman–Crippen MR) is 76.9 cm³/mol. The van der Waals surface area contributed by atoms with E-state index in [0.29, 0.717) is 13.2 Å². The average molecular weight is 260 g/mol. The molecule has 1 N–H and O–H groups in total. The Balaban J connectivity index is 3.42. The van der Waals surface area contributed by atoms with Crippen LogP contribution < -0.4 is 5.32 Å². The minimum Gasteiger partial charge on any atom is -0.353 e. The van der Waals surface area contributed by atoms with Crippen LogP contribution in [-0.4, -0.2) is 57.1 Å². The Morgan fingerprint density at radius 1 is 0.944 bits per heavy atom. The van der Waals surface area contributed by atoms with E-state index in [9.17, 15) is 0 Å². The fourth-order valence-corrected chi connectivity index (χ4v) is 1.90. The summed E-state index contributed by atoms with van der Waals surface area (Å²) in [7, 11) is 0. The Labute approximate surface area is 113 Å². The predicted octanol–water partition coefficient (Wildman–Crippen LogP) is 2.10. The molecule has 0 aliphatic heterocycles. The maximum Gasteiger partial charge on any atom is 0.158 e. The third-order valence-corrected chi connectivity index (χ3v) is 2.98. The molecule has 0 aromatic rings. The third-order valence-electron chi connectivity index (χ3n) is 2.98. The van der Waals surface area contributed by atoms with E-state index in [2.05, 4.69) is 24.1 Å². The molecule has 0 spiro atoms. The van der Waals surface area contributed by atoms with Gasteiger partial charge in [0.05, 0.1) is 0 Å². The Bertz CT molecular complexity index is 158. The monoisotopic (exact) mass is 260 g/mol. The first kappa shape index (κ1) is 17.8. The van der Waals surface area contributed by atoms with Gasteiger partial charge in [-0.25, -0.2) is 0 Å². The normalized spacial score (nSPS) is 11.7. The standard InChI is InChI=1S/C14H32N2O2/c1-5-16(6-2)13-9-11-15-12-10-14(17-7-3)18-8-4/h14-15H,5-13H2,1-4H3. The Kier molecular flexibility index (Phi) is 13.2. The van der Waals surface area contributed by atoms with E-state index in [0.717, 1.165) is 32.6 Å². The van der Waals surface area contributed by atoms with Gasteiger partial charge < -0.3 is 19.7 Å². The van der Waals surface area contributed by atoms with Crippen LogP contribution in [0, 0.1) is 0 Å². The van der Waals surface area contributed by atoms with Gasteiger partial charge in [-0.05, 0) is 53.0 Å². The Hall–Kier alpha value is -0.160. The molecule has 0 amide bonds. The fourth-order valence-electron chi connectivity index (χ4n) is 1.90. The molecule has 0 bridgehead atoms. The lowest BCUT2D eigenvalue weighted by Gasteiger charge is -2.19. The van der Waals surface area contributed by atoms with Gasteiger partial charge in [-0.15, -0.1) is 0 Å². The minimum absolute atomic E-state index is 0.0460. The van der Waals surface area contributed by atoms with Crippen molar-refractivity contribution in [1.82, 2.24) is 10.2 Å². The number of hydrogen-bond donors (Lipinski definition) is 1. The molecule has 110 valence electrons. The van der Waals surface area contributed by atoms with Crippen LogP contribution in [0.2, 0.25) is 0 Å². The number of nitrogens with zero attached hydrogens (tertiary/aromatic N) is 1. The van der Waals surface area contributed by atoms with Gasteiger partial charge in [0.2, 0.25) is 0 Å². The highest BCUT2D eigenvalue weighted by Crippen LogP contribution is 1.99. The van der Waals surface area contributed by atoms with Gasteiger partial charge in [0.1, 0.15) is 0 Å². The minimum atomic E-state index is -0.0460. The number of hydrogen-bond acceptors (Lipinski definition) is 4. The highest BCUT2D eigenvalue weighted by molar-refractivity contribution is 4.56. The van der Waals surface area contributed by atoms with E-state index in [-0.39, 0.29) is 6.29 Å². The maximum absolute atomic E-state index is 5.49. The zero-order valence-electron chi connectivity index (χ0n) is 12.7. The zero-order chi connectivity index (χ0) is 13.6. The molecule has 0 unspecified atom stereocenters. The van der Waals surface area contributed by atoms with Gasteiger partial charge in [0, 0.05) is 19.6 Å². The number of nitrogens with one attached hydrogen (secondary N) is 1. The van der Waals surface area contributed by atoms with Crippen LogP contribution in [0.15, 0.2) is 0 Å². The van der Waals surface area contributed by atoms with Crippen LogP contribution in [0.3, 0.4) is 0 Å². The SMILES string of the molecule is CCOC(CCNCCCN(CC)CC)OCC. The van der Waals surface area contributed by atoms with Crippen molar-refractivity contribution in [2.24, 2.45) is 0 Å². The smallest absolute Gasteiger partial charge is 0.158 e. The van der Waals surface area contributed by atoms with E-state index < -0.39 is 0 Å². The van der Waals surface area contributed by atoms with E-state index in [4.69, 9.17) is 9.47 Å². The largest absolute Gasteiger partial charge is 0.353 e. The average Bonchev–Trinajstić information content (AvgIpc) is 2.38. The Morgan fingerprint density at radius 2 is 1.56 bits per heavy atom. The summed E-state index contributed by atoms with van der Waals surface area (Å²) < 4.78 is 11.0. The summed E-state index contributed by atoms with van der Waals surface area (Å²) in [5, 5.41) is 3.45. The lowest BCUT2D eigenvalue weighted by Crippen LogP contribution is -2.29. The van der Waals surface area contributed by atoms with Crippen molar-refractivity contribution in [3.63, 3.8) is 0 Å². The fraction of sp³-hybridized carbons (Fsp3) is 1.00. The second-order valence-electron chi connectivity index (χ2n) is 4.26. The van der Waals surface area contributed by atoms with Gasteiger partial charge in [-0.1, -0.05) is 13.8 Å². The van der Waals surface area contributed by atoms with Crippen molar-refractivity contribution < 1.29 is 9.47 Å². The van der Waals surface area contributed by atoms with Crippen molar-refractivity contribution in [2.45, 2.75) is 46.8 Å². The van der Waals surface area contributed by atoms with Crippen LogP contribution in [0.4, 0.5) is 0 Å². The summed E-state index contributed by atoms with van der Waals surface area (Å²) in [6.07, 6.45) is 2.08. The lowest BCUT2D eigenvalue weighted by atomic mass is 10.3. The van der Waals surface area contributed by atoms with Crippen LogP contribution in [0.5, 0.6) is 0 Å². The molecule has 18 heavy (non-hydrogen) atoms. The molecule has 0 aliphatic carbocycles. The van der Waals surface area contributed by atoms with Crippen LogP contribution in [-0.2, 0) is 9.47 Å². The molecule has 0 rings (SSSR count). The second kappa shape index (κ2) is 13.3. The van der Waals surface area contributed by atoms with E-state index in [1.807, 2.05) is 13.8 Å².